The Hall–Kier alpha value is -2.76. The first-order valence-electron chi connectivity index (χ1n) is 10.6. The Labute approximate surface area is 188 Å². The van der Waals surface area contributed by atoms with E-state index in [-0.39, 0.29) is 24.6 Å². The fourth-order valence-corrected chi connectivity index (χ4v) is 3.56. The molecule has 0 aliphatic rings. The van der Waals surface area contributed by atoms with Gasteiger partial charge in [0.05, 0.1) is 17.9 Å². The number of nitrogens with two attached hydrogens (primary N) is 1. The number of nitrogens with zero attached hydrogens (tertiary/aromatic N) is 1. The second-order valence-corrected chi connectivity index (χ2v) is 8.53. The molecule has 176 valence electrons. The molecule has 1 aromatic carbocycles. The minimum Gasteiger partial charge on any atom is -0.493 e. The van der Waals surface area contributed by atoms with Crippen molar-refractivity contribution in [3.05, 3.63) is 45.4 Å². The van der Waals surface area contributed by atoms with Gasteiger partial charge in [0.15, 0.2) is 0 Å². The van der Waals surface area contributed by atoms with Crippen molar-refractivity contribution in [2.24, 2.45) is 5.14 Å². The van der Waals surface area contributed by atoms with Gasteiger partial charge in [-0.25, -0.2) is 14.8 Å². The maximum Gasteiger partial charge on any atom is 0.274 e. The predicted molar refractivity (Wildman–Crippen MR) is 123 cm³/mol. The number of aryl methyl sites for hydroxylation is 1. The highest BCUT2D eigenvalue weighted by Gasteiger charge is 2.16. The number of aromatic nitrogens is 2. The summed E-state index contributed by atoms with van der Waals surface area (Å²) < 4.78 is 29.7. The average molecular weight is 466 g/mol. The highest BCUT2D eigenvalue weighted by molar-refractivity contribution is 7.87. The molecule has 1 heterocycles. The summed E-state index contributed by atoms with van der Waals surface area (Å²) in [6, 6.07) is 4.94. The third-order valence-electron chi connectivity index (χ3n) is 4.69. The van der Waals surface area contributed by atoms with Crippen LogP contribution in [-0.2, 0) is 23.1 Å². The summed E-state index contributed by atoms with van der Waals surface area (Å²) in [6.45, 7) is 6.68. The van der Waals surface area contributed by atoms with Gasteiger partial charge < -0.3 is 15.0 Å². The SMILES string of the molecule is CCCOc1ccc(C(=O)NCCCNS(N)(=O)=O)cc1-c1nc(CC)c(CC)c(=O)[nH]1. The van der Waals surface area contributed by atoms with Gasteiger partial charge in [0.25, 0.3) is 21.7 Å². The van der Waals surface area contributed by atoms with E-state index in [0.29, 0.717) is 59.8 Å². The maximum absolute atomic E-state index is 12.6. The van der Waals surface area contributed by atoms with Crippen LogP contribution in [0, 0.1) is 0 Å². The van der Waals surface area contributed by atoms with Crippen molar-refractivity contribution in [2.75, 3.05) is 19.7 Å². The lowest BCUT2D eigenvalue weighted by atomic mass is 10.1. The Kier molecular flexibility index (Phi) is 9.36. The minimum atomic E-state index is -3.75. The third-order valence-corrected chi connectivity index (χ3v) is 5.30. The van der Waals surface area contributed by atoms with E-state index in [1.165, 1.54) is 0 Å². The molecule has 2 rings (SSSR count). The quantitative estimate of drug-likeness (QED) is 0.346. The van der Waals surface area contributed by atoms with Crippen LogP contribution >= 0.6 is 0 Å². The molecule has 0 aliphatic carbocycles. The van der Waals surface area contributed by atoms with Crippen LogP contribution in [0.5, 0.6) is 5.75 Å². The standard InChI is InChI=1S/C21H31N5O5S/c1-4-12-31-18-9-8-14(20(27)23-10-7-11-24-32(22,29)30)13-16(18)19-25-17(6-3)15(5-2)21(28)26-19/h8-9,13,24H,4-7,10-12H2,1-3H3,(H,23,27)(H2,22,29,30)(H,25,26,28). The number of hydrogen-bond acceptors (Lipinski definition) is 6. The molecule has 0 radical (unpaired) electrons. The summed E-state index contributed by atoms with van der Waals surface area (Å²) in [5.41, 5.74) is 2.05. The molecule has 0 spiro atoms. The monoisotopic (exact) mass is 465 g/mol. The highest BCUT2D eigenvalue weighted by atomic mass is 32.2. The van der Waals surface area contributed by atoms with E-state index >= 15 is 0 Å². The number of amides is 1. The molecule has 0 fully saturated rings. The van der Waals surface area contributed by atoms with Crippen LogP contribution < -0.4 is 25.5 Å². The van der Waals surface area contributed by atoms with E-state index in [1.807, 2.05) is 20.8 Å². The largest absolute Gasteiger partial charge is 0.493 e. The second-order valence-electron chi connectivity index (χ2n) is 7.16. The van der Waals surface area contributed by atoms with Gasteiger partial charge in [0.2, 0.25) is 0 Å². The van der Waals surface area contributed by atoms with E-state index in [4.69, 9.17) is 9.88 Å². The van der Waals surface area contributed by atoms with Crippen molar-refractivity contribution in [2.45, 2.75) is 46.5 Å². The Morgan fingerprint density at radius 1 is 1.19 bits per heavy atom. The zero-order valence-electron chi connectivity index (χ0n) is 18.7. The maximum atomic E-state index is 12.6. The smallest absolute Gasteiger partial charge is 0.274 e. The summed E-state index contributed by atoms with van der Waals surface area (Å²) in [6.07, 6.45) is 2.36. The molecule has 11 heteroatoms. The first-order chi connectivity index (χ1) is 15.2. The normalized spacial score (nSPS) is 11.4. The van der Waals surface area contributed by atoms with Crippen molar-refractivity contribution in [1.29, 1.82) is 0 Å². The van der Waals surface area contributed by atoms with Gasteiger partial charge in [0.1, 0.15) is 11.6 Å². The van der Waals surface area contributed by atoms with Crippen LogP contribution in [0.25, 0.3) is 11.4 Å². The van der Waals surface area contributed by atoms with Gasteiger partial charge >= 0.3 is 0 Å². The molecule has 5 N–H and O–H groups in total. The predicted octanol–water partition coefficient (Wildman–Crippen LogP) is 1.26. The van der Waals surface area contributed by atoms with Gasteiger partial charge in [-0.1, -0.05) is 20.8 Å². The molecule has 0 saturated heterocycles. The molecule has 1 aromatic heterocycles. The van der Waals surface area contributed by atoms with Crippen molar-refractivity contribution in [3.63, 3.8) is 0 Å². The number of nitrogens with one attached hydrogen (secondary N) is 3. The lowest BCUT2D eigenvalue weighted by molar-refractivity contribution is 0.0953. The first-order valence-corrected chi connectivity index (χ1v) is 12.2. The summed E-state index contributed by atoms with van der Waals surface area (Å²) in [5, 5.41) is 7.60. The van der Waals surface area contributed by atoms with Crippen LogP contribution in [0.1, 0.15) is 55.2 Å². The van der Waals surface area contributed by atoms with E-state index in [9.17, 15) is 18.0 Å². The number of H-pyrrole nitrogens is 1. The Bertz CT molecular complexity index is 1100. The summed E-state index contributed by atoms with van der Waals surface area (Å²) in [4.78, 5) is 32.6. The van der Waals surface area contributed by atoms with Crippen molar-refractivity contribution >= 4 is 16.1 Å². The van der Waals surface area contributed by atoms with E-state index < -0.39 is 10.2 Å². The fourth-order valence-electron chi connectivity index (χ4n) is 3.13. The molecular weight excluding hydrogens is 434 g/mol. The third kappa shape index (κ3) is 7.14. The van der Waals surface area contributed by atoms with Crippen molar-refractivity contribution in [1.82, 2.24) is 20.0 Å². The van der Waals surface area contributed by atoms with Crippen LogP contribution in [0.15, 0.2) is 23.0 Å². The zero-order valence-corrected chi connectivity index (χ0v) is 19.5. The van der Waals surface area contributed by atoms with E-state index in [1.54, 1.807) is 18.2 Å². The van der Waals surface area contributed by atoms with Crippen LogP contribution in [0.4, 0.5) is 0 Å². The lowest BCUT2D eigenvalue weighted by Gasteiger charge is -2.14. The number of carbonyl (C=O) groups excluding carboxylic acids is 1. The van der Waals surface area contributed by atoms with Crippen LogP contribution in [0.3, 0.4) is 0 Å². The zero-order chi connectivity index (χ0) is 23.7. The summed E-state index contributed by atoms with van der Waals surface area (Å²) >= 11 is 0. The number of ether oxygens (including phenoxy) is 1. The minimum absolute atomic E-state index is 0.114. The summed E-state index contributed by atoms with van der Waals surface area (Å²) in [7, 11) is -3.75. The molecule has 0 bridgehead atoms. The fraction of sp³-hybridized carbons (Fsp3) is 0.476. The first kappa shape index (κ1) is 25.5. The van der Waals surface area contributed by atoms with E-state index in [2.05, 4.69) is 20.0 Å². The molecule has 32 heavy (non-hydrogen) atoms. The molecule has 2 aromatic rings. The molecule has 0 atom stereocenters. The topological polar surface area (TPSA) is 156 Å². The summed E-state index contributed by atoms with van der Waals surface area (Å²) in [5.74, 6) is 0.532. The van der Waals surface area contributed by atoms with Gasteiger partial charge in [-0.3, -0.25) is 9.59 Å². The lowest BCUT2D eigenvalue weighted by Crippen LogP contribution is -2.33. The number of hydrogen-bond donors (Lipinski definition) is 4. The second kappa shape index (κ2) is 11.7. The number of benzene rings is 1. The molecule has 10 nitrogen and oxygen atoms in total. The van der Waals surface area contributed by atoms with Crippen molar-refractivity contribution in [3.8, 4) is 17.1 Å². The molecule has 1 amide bonds. The highest BCUT2D eigenvalue weighted by Crippen LogP contribution is 2.29. The van der Waals surface area contributed by atoms with Crippen molar-refractivity contribution < 1.29 is 17.9 Å². The Balaban J connectivity index is 2.30. The Morgan fingerprint density at radius 2 is 1.94 bits per heavy atom. The van der Waals surface area contributed by atoms with Gasteiger partial charge in [0, 0.05) is 24.2 Å². The number of aromatic amines is 1. The van der Waals surface area contributed by atoms with Gasteiger partial charge in [-0.05, 0) is 43.9 Å². The Morgan fingerprint density at radius 3 is 2.56 bits per heavy atom. The molecular formula is C21H31N5O5S. The number of rotatable bonds is 12. The molecule has 0 saturated carbocycles. The van der Waals surface area contributed by atoms with Crippen LogP contribution in [0.2, 0.25) is 0 Å². The van der Waals surface area contributed by atoms with Gasteiger partial charge in [-0.2, -0.15) is 8.42 Å². The molecule has 0 aliphatic heterocycles. The van der Waals surface area contributed by atoms with Crippen LogP contribution in [-0.4, -0.2) is 44.0 Å². The van der Waals surface area contributed by atoms with Gasteiger partial charge in [-0.15, -0.1) is 0 Å². The van der Waals surface area contributed by atoms with E-state index in [0.717, 1.165) is 6.42 Å². The average Bonchev–Trinajstić information content (AvgIpc) is 2.75. The molecule has 0 unspecified atom stereocenters. The number of carbonyl (C=O) groups is 1.